The minimum atomic E-state index is -0.504. The van der Waals surface area contributed by atoms with Gasteiger partial charge in [0.2, 0.25) is 0 Å². The average molecular weight is 327 g/mol. The molecule has 124 valence electrons. The molecule has 0 amide bonds. The molecule has 0 unspecified atom stereocenters. The van der Waals surface area contributed by atoms with E-state index >= 15 is 0 Å². The number of H-pyrrole nitrogens is 2. The molecular formula is C17H17N3O4. The Kier molecular flexibility index (Phi) is 3.23. The Labute approximate surface area is 137 Å². The number of ether oxygens (including phenoxy) is 1. The number of fused-ring (bicyclic) bond motifs is 1. The van der Waals surface area contributed by atoms with Gasteiger partial charge in [-0.3, -0.25) is 19.8 Å². The SMILES string of the molecule is COc1ccc([C@@H]2C3=C(CCCC3=O)Nc3[nH][nH]c(=O)c32)cc1O. The number of Topliss-reactive ketones (excluding diaryl/α,β-unsaturated/α-hetero) is 1. The lowest BCUT2D eigenvalue weighted by Gasteiger charge is -2.31. The Hall–Kier alpha value is -2.96. The van der Waals surface area contributed by atoms with E-state index in [2.05, 4.69) is 15.5 Å². The highest BCUT2D eigenvalue weighted by molar-refractivity contribution is 6.00. The lowest BCUT2D eigenvalue weighted by Crippen LogP contribution is -2.29. The van der Waals surface area contributed by atoms with E-state index in [9.17, 15) is 14.7 Å². The number of aromatic nitrogens is 2. The minimum Gasteiger partial charge on any atom is -0.504 e. The second kappa shape index (κ2) is 5.30. The number of aromatic amines is 2. The maximum atomic E-state index is 12.6. The molecule has 7 nitrogen and oxygen atoms in total. The largest absolute Gasteiger partial charge is 0.504 e. The molecule has 0 radical (unpaired) electrons. The fourth-order valence-corrected chi connectivity index (χ4v) is 3.59. The highest BCUT2D eigenvalue weighted by Crippen LogP contribution is 2.44. The Morgan fingerprint density at radius 3 is 2.79 bits per heavy atom. The van der Waals surface area contributed by atoms with Crippen molar-refractivity contribution >= 4 is 11.6 Å². The third-order valence-electron chi connectivity index (χ3n) is 4.66. The first-order valence-corrected chi connectivity index (χ1v) is 7.81. The van der Waals surface area contributed by atoms with Gasteiger partial charge in [-0.1, -0.05) is 6.07 Å². The standard InChI is InChI=1S/C17H17N3O4/c1-24-12-6-5-8(7-11(12)22)13-14-9(3-2-4-10(14)21)18-16-15(13)17(23)20-19-16/h5-7,13,22H,2-4H2,1H3,(H3,18,19,20,23)/t13-/m1/s1. The van der Waals surface area contributed by atoms with Crippen molar-refractivity contribution in [3.63, 3.8) is 0 Å². The summed E-state index contributed by atoms with van der Waals surface area (Å²) in [6.45, 7) is 0. The fraction of sp³-hybridized carbons (Fsp3) is 0.294. The third kappa shape index (κ3) is 2.05. The molecule has 0 fully saturated rings. The van der Waals surface area contributed by atoms with Gasteiger partial charge >= 0.3 is 0 Å². The van der Waals surface area contributed by atoms with Crippen LogP contribution in [0, 0.1) is 0 Å². The number of benzene rings is 1. The molecule has 0 spiro atoms. The van der Waals surface area contributed by atoms with E-state index in [4.69, 9.17) is 4.74 Å². The van der Waals surface area contributed by atoms with Crippen molar-refractivity contribution in [1.29, 1.82) is 0 Å². The number of allylic oxidation sites excluding steroid dienone is 2. The first-order chi connectivity index (χ1) is 11.6. The summed E-state index contributed by atoms with van der Waals surface area (Å²) >= 11 is 0. The van der Waals surface area contributed by atoms with E-state index in [1.54, 1.807) is 18.2 Å². The number of carbonyl (C=O) groups is 1. The summed E-state index contributed by atoms with van der Waals surface area (Å²) in [5, 5.41) is 18.7. The molecular weight excluding hydrogens is 310 g/mol. The number of anilines is 1. The van der Waals surface area contributed by atoms with E-state index < -0.39 is 5.92 Å². The van der Waals surface area contributed by atoms with Crippen molar-refractivity contribution in [3.8, 4) is 11.5 Å². The summed E-state index contributed by atoms with van der Waals surface area (Å²) in [4.78, 5) is 24.8. The number of methoxy groups -OCH3 is 1. The van der Waals surface area contributed by atoms with Crippen LogP contribution < -0.4 is 15.6 Å². The number of hydrogen-bond donors (Lipinski definition) is 4. The van der Waals surface area contributed by atoms with Crippen molar-refractivity contribution in [3.05, 3.63) is 50.9 Å². The van der Waals surface area contributed by atoms with Gasteiger partial charge in [0.25, 0.3) is 5.56 Å². The summed E-state index contributed by atoms with van der Waals surface area (Å²) in [5.41, 5.74) is 2.33. The van der Waals surface area contributed by atoms with E-state index in [0.717, 1.165) is 18.5 Å². The second-order valence-corrected chi connectivity index (χ2v) is 6.03. The maximum absolute atomic E-state index is 12.6. The zero-order valence-corrected chi connectivity index (χ0v) is 13.1. The third-order valence-corrected chi connectivity index (χ3v) is 4.66. The van der Waals surface area contributed by atoms with Crippen LogP contribution in [0.3, 0.4) is 0 Å². The molecule has 1 aromatic heterocycles. The highest BCUT2D eigenvalue weighted by Gasteiger charge is 2.37. The summed E-state index contributed by atoms with van der Waals surface area (Å²) in [6, 6.07) is 4.97. The van der Waals surface area contributed by atoms with Crippen LogP contribution in [0.4, 0.5) is 5.82 Å². The van der Waals surface area contributed by atoms with E-state index in [1.165, 1.54) is 7.11 Å². The lowest BCUT2D eigenvalue weighted by molar-refractivity contribution is -0.116. The molecule has 2 aliphatic rings. The Balaban J connectivity index is 1.94. The average Bonchev–Trinajstić information content (AvgIpc) is 2.94. The number of carbonyl (C=O) groups excluding carboxylic acids is 1. The summed E-state index contributed by atoms with van der Waals surface area (Å²) in [6.07, 6.45) is 2.01. The molecule has 0 saturated heterocycles. The topological polar surface area (TPSA) is 107 Å². The first kappa shape index (κ1) is 14.6. The van der Waals surface area contributed by atoms with Gasteiger partial charge in [0.1, 0.15) is 5.82 Å². The number of phenols is 1. The first-order valence-electron chi connectivity index (χ1n) is 7.81. The molecule has 1 atom stereocenters. The maximum Gasteiger partial charge on any atom is 0.270 e. The van der Waals surface area contributed by atoms with E-state index in [0.29, 0.717) is 34.7 Å². The highest BCUT2D eigenvalue weighted by atomic mass is 16.5. The van der Waals surface area contributed by atoms with Crippen LogP contribution in [0.5, 0.6) is 11.5 Å². The molecule has 1 aromatic carbocycles. The number of nitrogens with one attached hydrogen (secondary N) is 3. The van der Waals surface area contributed by atoms with Gasteiger partial charge in [-0.15, -0.1) is 0 Å². The van der Waals surface area contributed by atoms with Crippen molar-refractivity contribution < 1.29 is 14.6 Å². The predicted molar refractivity (Wildman–Crippen MR) is 87.4 cm³/mol. The van der Waals surface area contributed by atoms with Crippen LogP contribution in [-0.4, -0.2) is 28.2 Å². The number of phenolic OH excluding ortho intramolecular Hbond substituents is 1. The molecule has 24 heavy (non-hydrogen) atoms. The smallest absolute Gasteiger partial charge is 0.270 e. The van der Waals surface area contributed by atoms with Crippen LogP contribution in [0.1, 0.15) is 36.3 Å². The zero-order chi connectivity index (χ0) is 16.8. The van der Waals surface area contributed by atoms with E-state index in [-0.39, 0.29) is 17.1 Å². The number of hydrogen-bond acceptors (Lipinski definition) is 5. The van der Waals surface area contributed by atoms with Crippen LogP contribution in [0.25, 0.3) is 0 Å². The molecule has 0 saturated carbocycles. The Bertz CT molecular complexity index is 922. The van der Waals surface area contributed by atoms with Gasteiger partial charge < -0.3 is 15.2 Å². The van der Waals surface area contributed by atoms with Crippen molar-refractivity contribution in [1.82, 2.24) is 10.2 Å². The van der Waals surface area contributed by atoms with Gasteiger partial charge in [0, 0.05) is 23.6 Å². The molecule has 4 rings (SSSR count). The molecule has 7 heteroatoms. The molecule has 2 aromatic rings. The van der Waals surface area contributed by atoms with Gasteiger partial charge in [0.05, 0.1) is 12.7 Å². The van der Waals surface area contributed by atoms with Gasteiger partial charge in [-0.05, 0) is 30.5 Å². The Morgan fingerprint density at radius 2 is 2.04 bits per heavy atom. The van der Waals surface area contributed by atoms with E-state index in [1.807, 2.05) is 0 Å². The molecule has 0 bridgehead atoms. The molecule has 2 heterocycles. The fourth-order valence-electron chi connectivity index (χ4n) is 3.59. The van der Waals surface area contributed by atoms with Gasteiger partial charge in [-0.25, -0.2) is 0 Å². The van der Waals surface area contributed by atoms with Crippen LogP contribution in [0.15, 0.2) is 34.3 Å². The molecule has 1 aliphatic heterocycles. The molecule has 4 N–H and O–H groups in total. The normalized spacial score (nSPS) is 19.5. The number of ketones is 1. The van der Waals surface area contributed by atoms with Crippen molar-refractivity contribution in [2.45, 2.75) is 25.2 Å². The quantitative estimate of drug-likeness (QED) is 0.675. The number of rotatable bonds is 2. The van der Waals surface area contributed by atoms with Crippen molar-refractivity contribution in [2.24, 2.45) is 0 Å². The van der Waals surface area contributed by atoms with Crippen LogP contribution in [0.2, 0.25) is 0 Å². The van der Waals surface area contributed by atoms with Crippen molar-refractivity contribution in [2.75, 3.05) is 12.4 Å². The summed E-state index contributed by atoms with van der Waals surface area (Å²) in [5.74, 6) is 0.437. The van der Waals surface area contributed by atoms with Crippen LogP contribution in [-0.2, 0) is 4.79 Å². The lowest BCUT2D eigenvalue weighted by atomic mass is 9.77. The predicted octanol–water partition coefficient (Wildman–Crippen LogP) is 1.98. The summed E-state index contributed by atoms with van der Waals surface area (Å²) in [7, 11) is 1.47. The Morgan fingerprint density at radius 1 is 1.21 bits per heavy atom. The minimum absolute atomic E-state index is 0.0209. The van der Waals surface area contributed by atoms with Gasteiger partial charge in [0.15, 0.2) is 17.3 Å². The molecule has 1 aliphatic carbocycles. The van der Waals surface area contributed by atoms with Gasteiger partial charge in [-0.2, -0.15) is 0 Å². The number of aromatic hydroxyl groups is 1. The van der Waals surface area contributed by atoms with Crippen LogP contribution >= 0.6 is 0 Å². The summed E-state index contributed by atoms with van der Waals surface area (Å²) < 4.78 is 5.08. The monoisotopic (exact) mass is 327 g/mol. The zero-order valence-electron chi connectivity index (χ0n) is 13.1. The second-order valence-electron chi connectivity index (χ2n) is 6.03.